The van der Waals surface area contributed by atoms with Crippen LogP contribution in [-0.4, -0.2) is 49.6 Å². The Labute approximate surface area is 141 Å². The lowest BCUT2D eigenvalue weighted by Crippen LogP contribution is -2.46. The van der Waals surface area contributed by atoms with Gasteiger partial charge in [0, 0.05) is 33.1 Å². The van der Waals surface area contributed by atoms with Gasteiger partial charge in [0.05, 0.1) is 12.6 Å². The molecule has 0 aliphatic heterocycles. The lowest BCUT2D eigenvalue weighted by atomic mass is 10.2. The summed E-state index contributed by atoms with van der Waals surface area (Å²) in [4.78, 5) is 12.0. The molecule has 0 saturated heterocycles. The van der Waals surface area contributed by atoms with E-state index in [0.29, 0.717) is 5.56 Å². The molecular formula is C15H21FN4O3S. The van der Waals surface area contributed by atoms with Gasteiger partial charge in [0.15, 0.2) is 0 Å². The number of carbonyl (C=O) groups excluding carboxylic acids is 1. The second kappa shape index (κ2) is 9.32. The average Bonchev–Trinajstić information content (AvgIpc) is 2.56. The van der Waals surface area contributed by atoms with Gasteiger partial charge >= 0.3 is 0 Å². The van der Waals surface area contributed by atoms with Crippen LogP contribution in [0.25, 0.3) is 0 Å². The molecule has 132 valence electrons. The Bertz CT molecular complexity index is 686. The first kappa shape index (κ1) is 20.0. The third-order valence-corrected chi connectivity index (χ3v) is 5.34. The molecular weight excluding hydrogens is 335 g/mol. The zero-order valence-corrected chi connectivity index (χ0v) is 14.5. The molecule has 0 saturated carbocycles. The van der Waals surface area contributed by atoms with Gasteiger partial charge in [-0.2, -0.15) is 22.3 Å². The van der Waals surface area contributed by atoms with Crippen molar-refractivity contribution in [1.82, 2.24) is 13.9 Å². The summed E-state index contributed by atoms with van der Waals surface area (Å²) >= 11 is 0. The van der Waals surface area contributed by atoms with Crippen LogP contribution in [0.5, 0.6) is 0 Å². The minimum atomic E-state index is -3.80. The van der Waals surface area contributed by atoms with Crippen molar-refractivity contribution in [3.63, 3.8) is 0 Å². The van der Waals surface area contributed by atoms with E-state index in [1.807, 2.05) is 6.07 Å². The summed E-state index contributed by atoms with van der Waals surface area (Å²) in [7, 11) is -2.44. The standard InChI is InChI=1S/C15H21FN4O3S/c1-3-20(24(22,23)19(2)10-4-9-17)12-15(21)18-11-13-5-7-14(16)8-6-13/h5-8H,3-4,10-12H2,1-2H3,(H,18,21). The Morgan fingerprint density at radius 2 is 1.96 bits per heavy atom. The molecule has 0 aromatic heterocycles. The first-order valence-electron chi connectivity index (χ1n) is 7.40. The second-order valence-electron chi connectivity index (χ2n) is 5.07. The van der Waals surface area contributed by atoms with E-state index in [0.717, 1.165) is 8.61 Å². The molecule has 0 aliphatic carbocycles. The maximum absolute atomic E-state index is 12.8. The number of hydrogen-bond acceptors (Lipinski definition) is 4. The van der Waals surface area contributed by atoms with E-state index >= 15 is 0 Å². The number of halogens is 1. The van der Waals surface area contributed by atoms with Crippen LogP contribution in [0, 0.1) is 17.1 Å². The molecule has 1 N–H and O–H groups in total. The summed E-state index contributed by atoms with van der Waals surface area (Å²) in [6.45, 7) is 1.68. The highest BCUT2D eigenvalue weighted by Crippen LogP contribution is 2.07. The van der Waals surface area contributed by atoms with Gasteiger partial charge in [-0.15, -0.1) is 0 Å². The summed E-state index contributed by atoms with van der Waals surface area (Å²) in [5.74, 6) is -0.827. The van der Waals surface area contributed by atoms with E-state index < -0.39 is 16.1 Å². The smallest absolute Gasteiger partial charge is 0.282 e. The number of benzene rings is 1. The Morgan fingerprint density at radius 1 is 1.33 bits per heavy atom. The van der Waals surface area contributed by atoms with E-state index in [4.69, 9.17) is 5.26 Å². The zero-order chi connectivity index (χ0) is 18.2. The van der Waals surface area contributed by atoms with Crippen molar-refractivity contribution in [2.45, 2.75) is 19.9 Å². The quantitative estimate of drug-likeness (QED) is 0.710. The van der Waals surface area contributed by atoms with E-state index in [1.54, 1.807) is 19.1 Å². The molecule has 1 aromatic rings. The Morgan fingerprint density at radius 3 is 2.50 bits per heavy atom. The summed E-state index contributed by atoms with van der Waals surface area (Å²) in [5, 5.41) is 11.1. The highest BCUT2D eigenvalue weighted by Gasteiger charge is 2.27. The molecule has 1 aromatic carbocycles. The molecule has 0 bridgehead atoms. The van der Waals surface area contributed by atoms with Gasteiger partial charge in [0.2, 0.25) is 5.91 Å². The molecule has 0 aliphatic rings. The number of hydrogen-bond donors (Lipinski definition) is 1. The topological polar surface area (TPSA) is 93.5 Å². The van der Waals surface area contributed by atoms with E-state index in [9.17, 15) is 17.6 Å². The summed E-state index contributed by atoms with van der Waals surface area (Å²) < 4.78 is 39.6. The maximum Gasteiger partial charge on any atom is 0.282 e. The molecule has 0 fully saturated rings. The van der Waals surface area contributed by atoms with Crippen LogP contribution in [0.1, 0.15) is 18.9 Å². The molecule has 0 atom stereocenters. The summed E-state index contributed by atoms with van der Waals surface area (Å²) in [5.41, 5.74) is 0.710. The van der Waals surface area contributed by atoms with Gasteiger partial charge in [-0.1, -0.05) is 19.1 Å². The highest BCUT2D eigenvalue weighted by atomic mass is 32.2. The van der Waals surface area contributed by atoms with Crippen LogP contribution in [0.4, 0.5) is 4.39 Å². The monoisotopic (exact) mass is 356 g/mol. The van der Waals surface area contributed by atoms with Gasteiger partial charge in [0.1, 0.15) is 5.82 Å². The van der Waals surface area contributed by atoms with Crippen LogP contribution in [0.3, 0.4) is 0 Å². The number of nitrogens with zero attached hydrogens (tertiary/aromatic N) is 3. The Hall–Kier alpha value is -2.02. The normalized spacial score (nSPS) is 11.5. The number of nitrogens with one attached hydrogen (secondary N) is 1. The van der Waals surface area contributed by atoms with Crippen LogP contribution in [-0.2, 0) is 21.5 Å². The fourth-order valence-corrected chi connectivity index (χ4v) is 3.22. The number of carbonyl (C=O) groups is 1. The van der Waals surface area contributed by atoms with Gasteiger partial charge in [0.25, 0.3) is 10.2 Å². The van der Waals surface area contributed by atoms with E-state index in [-0.39, 0.29) is 38.4 Å². The first-order valence-corrected chi connectivity index (χ1v) is 8.80. The molecule has 7 nitrogen and oxygen atoms in total. The lowest BCUT2D eigenvalue weighted by molar-refractivity contribution is -0.121. The fourth-order valence-electron chi connectivity index (χ4n) is 1.90. The van der Waals surface area contributed by atoms with Crippen molar-refractivity contribution in [2.75, 3.05) is 26.7 Å². The third-order valence-electron chi connectivity index (χ3n) is 3.33. The maximum atomic E-state index is 12.8. The van der Waals surface area contributed by atoms with Crippen molar-refractivity contribution in [2.24, 2.45) is 0 Å². The van der Waals surface area contributed by atoms with Gasteiger partial charge < -0.3 is 5.32 Å². The minimum Gasteiger partial charge on any atom is -0.351 e. The SMILES string of the molecule is CCN(CC(=O)NCc1ccc(F)cc1)S(=O)(=O)N(C)CCC#N. The van der Waals surface area contributed by atoms with Crippen molar-refractivity contribution < 1.29 is 17.6 Å². The molecule has 0 spiro atoms. The highest BCUT2D eigenvalue weighted by molar-refractivity contribution is 7.86. The number of likely N-dealkylation sites (N-methyl/N-ethyl adjacent to an activating group) is 1. The van der Waals surface area contributed by atoms with Gasteiger partial charge in [-0.25, -0.2) is 4.39 Å². The molecule has 0 unspecified atom stereocenters. The fraction of sp³-hybridized carbons (Fsp3) is 0.467. The van der Waals surface area contributed by atoms with Gasteiger partial charge in [-0.3, -0.25) is 4.79 Å². The largest absolute Gasteiger partial charge is 0.351 e. The number of amides is 1. The third kappa shape index (κ3) is 5.88. The predicted molar refractivity (Wildman–Crippen MR) is 87.3 cm³/mol. The average molecular weight is 356 g/mol. The molecule has 1 amide bonds. The van der Waals surface area contributed by atoms with Crippen LogP contribution in [0.15, 0.2) is 24.3 Å². The molecule has 1 rings (SSSR count). The molecule has 9 heteroatoms. The first-order chi connectivity index (χ1) is 11.3. The van der Waals surface area contributed by atoms with Crippen molar-refractivity contribution >= 4 is 16.1 Å². The zero-order valence-electron chi connectivity index (χ0n) is 13.7. The molecule has 24 heavy (non-hydrogen) atoms. The van der Waals surface area contributed by atoms with Crippen molar-refractivity contribution in [3.05, 3.63) is 35.6 Å². The van der Waals surface area contributed by atoms with E-state index in [1.165, 1.54) is 19.2 Å². The van der Waals surface area contributed by atoms with Crippen molar-refractivity contribution in [1.29, 1.82) is 5.26 Å². The molecule has 0 heterocycles. The minimum absolute atomic E-state index is 0.0620. The summed E-state index contributed by atoms with van der Waals surface area (Å²) in [6, 6.07) is 7.54. The lowest BCUT2D eigenvalue weighted by Gasteiger charge is -2.25. The summed E-state index contributed by atoms with van der Waals surface area (Å²) in [6.07, 6.45) is 0.0735. The van der Waals surface area contributed by atoms with Crippen LogP contribution in [0.2, 0.25) is 0 Å². The van der Waals surface area contributed by atoms with Crippen LogP contribution >= 0.6 is 0 Å². The predicted octanol–water partition coefficient (Wildman–Crippen LogP) is 0.854. The Balaban J connectivity index is 2.61. The second-order valence-corrected chi connectivity index (χ2v) is 7.10. The van der Waals surface area contributed by atoms with Crippen molar-refractivity contribution in [3.8, 4) is 6.07 Å². The van der Waals surface area contributed by atoms with Gasteiger partial charge in [-0.05, 0) is 17.7 Å². The number of nitriles is 1. The van der Waals surface area contributed by atoms with Crippen LogP contribution < -0.4 is 5.32 Å². The number of rotatable bonds is 9. The molecule has 0 radical (unpaired) electrons. The van der Waals surface area contributed by atoms with E-state index in [2.05, 4.69) is 5.32 Å². The Kier molecular flexibility index (Phi) is 7.78.